The molecule has 14 heavy (non-hydrogen) atoms. The fourth-order valence-corrected chi connectivity index (χ4v) is 1.08. The molecule has 0 aromatic heterocycles. The van der Waals surface area contributed by atoms with Crippen LogP contribution < -0.4 is 10.8 Å². The summed E-state index contributed by atoms with van der Waals surface area (Å²) < 4.78 is 0. The van der Waals surface area contributed by atoms with Gasteiger partial charge in [0.1, 0.15) is 12.6 Å². The monoisotopic (exact) mass is 198 g/mol. The third kappa shape index (κ3) is 2.32. The summed E-state index contributed by atoms with van der Waals surface area (Å²) >= 11 is 0. The van der Waals surface area contributed by atoms with E-state index in [-0.39, 0.29) is 18.3 Å². The molecule has 0 aromatic rings. The number of allylic oxidation sites excluding steroid dienone is 2. The van der Waals surface area contributed by atoms with E-state index in [9.17, 15) is 9.59 Å². The van der Waals surface area contributed by atoms with Crippen molar-refractivity contribution in [2.24, 2.45) is 0 Å². The zero-order chi connectivity index (χ0) is 10.7. The van der Waals surface area contributed by atoms with Crippen molar-refractivity contribution in [1.29, 1.82) is 0 Å². The highest BCUT2D eigenvalue weighted by molar-refractivity contribution is 5.93. The Kier molecular flexibility index (Phi) is 3.24. The Bertz CT molecular complexity index is 296. The van der Waals surface area contributed by atoms with E-state index in [0.29, 0.717) is 11.3 Å². The number of carbonyl (C=O) groups excluding carboxylic acids is 2. The van der Waals surface area contributed by atoms with Crippen LogP contribution in [-0.2, 0) is 14.4 Å². The van der Waals surface area contributed by atoms with E-state index in [4.69, 9.17) is 4.84 Å². The minimum atomic E-state index is -0.399. The minimum Gasteiger partial charge on any atom is -0.375 e. The first kappa shape index (κ1) is 10.7. The zero-order valence-corrected chi connectivity index (χ0v) is 8.51. The number of hydroxylamine groups is 1. The van der Waals surface area contributed by atoms with Crippen molar-refractivity contribution in [3.8, 4) is 0 Å². The van der Waals surface area contributed by atoms with Gasteiger partial charge in [-0.1, -0.05) is 0 Å². The highest BCUT2D eigenvalue weighted by Crippen LogP contribution is 2.04. The van der Waals surface area contributed by atoms with E-state index < -0.39 is 6.04 Å². The average molecular weight is 198 g/mol. The first-order chi connectivity index (χ1) is 6.52. The SMILES string of the molecule is CC(=O)/C(C)=C(\C)NC1CONC1=O. The Morgan fingerprint density at radius 3 is 2.57 bits per heavy atom. The van der Waals surface area contributed by atoms with Gasteiger partial charge in [-0.3, -0.25) is 14.4 Å². The summed E-state index contributed by atoms with van der Waals surface area (Å²) in [5, 5.41) is 2.93. The van der Waals surface area contributed by atoms with Crippen LogP contribution >= 0.6 is 0 Å². The predicted octanol–water partition coefficient (Wildman–Crippen LogP) is -0.111. The highest BCUT2D eigenvalue weighted by atomic mass is 16.7. The molecule has 1 rings (SSSR count). The molecule has 0 radical (unpaired) electrons. The molecule has 2 N–H and O–H groups in total. The van der Waals surface area contributed by atoms with Gasteiger partial charge >= 0.3 is 0 Å². The Hall–Kier alpha value is -1.36. The number of nitrogens with one attached hydrogen (secondary N) is 2. The number of hydrogen-bond donors (Lipinski definition) is 2. The van der Waals surface area contributed by atoms with Gasteiger partial charge in [0.05, 0.1) is 0 Å². The molecule has 5 nitrogen and oxygen atoms in total. The van der Waals surface area contributed by atoms with Crippen LogP contribution in [-0.4, -0.2) is 24.3 Å². The van der Waals surface area contributed by atoms with Gasteiger partial charge < -0.3 is 5.32 Å². The summed E-state index contributed by atoms with van der Waals surface area (Å²) in [6.45, 7) is 5.26. The van der Waals surface area contributed by atoms with Crippen molar-refractivity contribution in [3.63, 3.8) is 0 Å². The van der Waals surface area contributed by atoms with Gasteiger partial charge in [0, 0.05) is 11.3 Å². The maximum Gasteiger partial charge on any atom is 0.268 e. The molecule has 0 aromatic carbocycles. The van der Waals surface area contributed by atoms with Crippen molar-refractivity contribution in [1.82, 2.24) is 10.8 Å². The average Bonchev–Trinajstić information content (AvgIpc) is 2.50. The molecular formula is C9H14N2O3. The van der Waals surface area contributed by atoms with Crippen LogP contribution in [0.25, 0.3) is 0 Å². The molecule has 1 amide bonds. The van der Waals surface area contributed by atoms with Crippen LogP contribution in [0.5, 0.6) is 0 Å². The first-order valence-corrected chi connectivity index (χ1v) is 4.39. The smallest absolute Gasteiger partial charge is 0.268 e. The van der Waals surface area contributed by atoms with E-state index in [1.54, 1.807) is 13.8 Å². The fraction of sp³-hybridized carbons (Fsp3) is 0.556. The van der Waals surface area contributed by atoms with E-state index in [1.165, 1.54) is 6.92 Å². The Morgan fingerprint density at radius 1 is 1.50 bits per heavy atom. The maximum atomic E-state index is 11.1. The lowest BCUT2D eigenvalue weighted by atomic mass is 10.1. The number of hydrogen-bond acceptors (Lipinski definition) is 4. The third-order valence-electron chi connectivity index (χ3n) is 2.22. The minimum absolute atomic E-state index is 0.00526. The molecule has 0 aliphatic carbocycles. The van der Waals surface area contributed by atoms with E-state index in [2.05, 4.69) is 10.8 Å². The van der Waals surface area contributed by atoms with Gasteiger partial charge in [0.25, 0.3) is 5.91 Å². The largest absolute Gasteiger partial charge is 0.375 e. The van der Waals surface area contributed by atoms with E-state index >= 15 is 0 Å². The van der Waals surface area contributed by atoms with Gasteiger partial charge in [0.15, 0.2) is 5.78 Å². The summed E-state index contributed by atoms with van der Waals surface area (Å²) in [4.78, 5) is 26.8. The number of rotatable bonds is 3. The second-order valence-electron chi connectivity index (χ2n) is 3.28. The maximum absolute atomic E-state index is 11.1. The molecule has 1 saturated heterocycles. The standard InChI is InChI=1S/C9H14N2O3/c1-5(7(3)12)6(2)10-8-4-14-11-9(8)13/h8,10H,4H2,1-3H3,(H,11,13)/b6-5+. The number of ketones is 1. The van der Waals surface area contributed by atoms with Gasteiger partial charge in [-0.15, -0.1) is 0 Å². The van der Waals surface area contributed by atoms with Gasteiger partial charge in [0.2, 0.25) is 0 Å². The van der Waals surface area contributed by atoms with Crippen molar-refractivity contribution < 1.29 is 14.4 Å². The zero-order valence-electron chi connectivity index (χ0n) is 8.51. The summed E-state index contributed by atoms with van der Waals surface area (Å²) in [5.74, 6) is -0.213. The second-order valence-corrected chi connectivity index (χ2v) is 3.28. The second kappa shape index (κ2) is 4.23. The highest BCUT2D eigenvalue weighted by Gasteiger charge is 2.25. The van der Waals surface area contributed by atoms with Crippen LogP contribution in [0.4, 0.5) is 0 Å². The number of amides is 1. The third-order valence-corrected chi connectivity index (χ3v) is 2.22. The van der Waals surface area contributed by atoms with E-state index in [1.807, 2.05) is 0 Å². The normalized spacial score (nSPS) is 22.8. The van der Waals surface area contributed by atoms with Crippen LogP contribution in [0.2, 0.25) is 0 Å². The molecule has 0 saturated carbocycles. The molecule has 1 atom stereocenters. The van der Waals surface area contributed by atoms with E-state index in [0.717, 1.165) is 0 Å². The lowest BCUT2D eigenvalue weighted by Gasteiger charge is -2.12. The van der Waals surface area contributed by atoms with Crippen LogP contribution in [0, 0.1) is 0 Å². The molecule has 78 valence electrons. The molecular weight excluding hydrogens is 184 g/mol. The molecule has 1 fully saturated rings. The molecule has 1 heterocycles. The Morgan fingerprint density at radius 2 is 2.14 bits per heavy atom. The number of carbonyl (C=O) groups is 2. The summed E-state index contributed by atoms with van der Waals surface area (Å²) in [6, 6.07) is -0.399. The topological polar surface area (TPSA) is 67.4 Å². The van der Waals surface area contributed by atoms with Crippen molar-refractivity contribution in [2.75, 3.05) is 6.61 Å². The van der Waals surface area contributed by atoms with Crippen LogP contribution in [0.15, 0.2) is 11.3 Å². The summed E-state index contributed by atoms with van der Waals surface area (Å²) in [6.07, 6.45) is 0. The molecule has 0 bridgehead atoms. The predicted molar refractivity (Wildman–Crippen MR) is 50.1 cm³/mol. The van der Waals surface area contributed by atoms with Gasteiger partial charge in [-0.05, 0) is 20.8 Å². The van der Waals surface area contributed by atoms with Gasteiger partial charge in [-0.25, -0.2) is 5.48 Å². The fourth-order valence-electron chi connectivity index (χ4n) is 1.08. The lowest BCUT2D eigenvalue weighted by molar-refractivity contribution is -0.125. The lowest BCUT2D eigenvalue weighted by Crippen LogP contribution is -2.37. The first-order valence-electron chi connectivity index (χ1n) is 4.39. The van der Waals surface area contributed by atoms with Crippen LogP contribution in [0.3, 0.4) is 0 Å². The van der Waals surface area contributed by atoms with Crippen molar-refractivity contribution in [3.05, 3.63) is 11.3 Å². The summed E-state index contributed by atoms with van der Waals surface area (Å²) in [7, 11) is 0. The molecule has 5 heteroatoms. The summed E-state index contributed by atoms with van der Waals surface area (Å²) in [5.41, 5.74) is 3.57. The molecule has 1 unspecified atom stereocenters. The quantitative estimate of drug-likeness (QED) is 0.621. The van der Waals surface area contributed by atoms with Gasteiger partial charge in [-0.2, -0.15) is 0 Å². The van der Waals surface area contributed by atoms with Crippen LogP contribution in [0.1, 0.15) is 20.8 Å². The van der Waals surface area contributed by atoms with Crippen molar-refractivity contribution >= 4 is 11.7 Å². The Labute approximate surface area is 82.5 Å². The van der Waals surface area contributed by atoms with Crippen molar-refractivity contribution in [2.45, 2.75) is 26.8 Å². The molecule has 0 spiro atoms. The molecule has 1 aliphatic rings. The Balaban J connectivity index is 2.64. The molecule has 1 aliphatic heterocycles. The number of Topliss-reactive ketones (excluding diaryl/α,β-unsaturated/α-hetero) is 1.